The van der Waals surface area contributed by atoms with Crippen LogP contribution in [0.5, 0.6) is 0 Å². The van der Waals surface area contributed by atoms with Gasteiger partial charge in [-0.15, -0.1) is 0 Å². The zero-order chi connectivity index (χ0) is 16.9. The fraction of sp³-hybridized carbons (Fsp3) is 0.562. The molecule has 3 rings (SSSR count). The number of carbonyl (C=O) groups excluding carboxylic acids is 1. The van der Waals surface area contributed by atoms with Gasteiger partial charge < -0.3 is 14.7 Å². The maximum absolute atomic E-state index is 13.4. The lowest BCUT2D eigenvalue weighted by Gasteiger charge is -2.40. The number of fused-ring (bicyclic) bond motifs is 1. The second kappa shape index (κ2) is 5.40. The molecule has 2 aliphatic heterocycles. The van der Waals surface area contributed by atoms with E-state index in [0.29, 0.717) is 12.2 Å². The van der Waals surface area contributed by atoms with Gasteiger partial charge in [0.25, 0.3) is 5.91 Å². The Hall–Kier alpha value is -1.76. The normalized spacial score (nSPS) is 22.7. The maximum atomic E-state index is 13.4. The number of hydrogen-bond acceptors (Lipinski definition) is 3. The zero-order valence-electron chi connectivity index (χ0n) is 13.4. The summed E-state index contributed by atoms with van der Waals surface area (Å²) in [7, 11) is 3.52. The van der Waals surface area contributed by atoms with Gasteiger partial charge in [-0.25, -0.2) is 0 Å². The first-order valence-corrected chi connectivity index (χ1v) is 7.63. The predicted molar refractivity (Wildman–Crippen MR) is 81.5 cm³/mol. The number of nitrogens with zero attached hydrogens (tertiary/aromatic N) is 3. The molecule has 2 aliphatic rings. The minimum absolute atomic E-state index is 0.0155. The van der Waals surface area contributed by atoms with Crippen LogP contribution in [-0.4, -0.2) is 55.5 Å². The van der Waals surface area contributed by atoms with E-state index in [1.54, 1.807) is 6.07 Å². The Morgan fingerprint density at radius 1 is 1.17 bits per heavy atom. The number of alkyl halides is 3. The Morgan fingerprint density at radius 2 is 1.87 bits per heavy atom. The van der Waals surface area contributed by atoms with E-state index >= 15 is 0 Å². The molecule has 1 unspecified atom stereocenters. The van der Waals surface area contributed by atoms with Gasteiger partial charge in [0.05, 0.1) is 5.56 Å². The van der Waals surface area contributed by atoms with E-state index in [0.717, 1.165) is 13.1 Å². The summed E-state index contributed by atoms with van der Waals surface area (Å²) in [5, 5.41) is 0. The third kappa shape index (κ3) is 2.78. The molecule has 4 nitrogen and oxygen atoms in total. The van der Waals surface area contributed by atoms with E-state index in [1.165, 1.54) is 18.0 Å². The van der Waals surface area contributed by atoms with Crippen LogP contribution in [0, 0.1) is 0 Å². The van der Waals surface area contributed by atoms with E-state index in [9.17, 15) is 18.0 Å². The predicted octanol–water partition coefficient (Wildman–Crippen LogP) is 2.43. The number of piperazine rings is 1. The first-order valence-electron chi connectivity index (χ1n) is 7.63. The molecule has 0 spiro atoms. The number of carbonyl (C=O) groups is 1. The van der Waals surface area contributed by atoms with Gasteiger partial charge in [-0.3, -0.25) is 4.79 Å². The van der Waals surface area contributed by atoms with Crippen molar-refractivity contribution in [1.82, 2.24) is 9.80 Å². The summed E-state index contributed by atoms with van der Waals surface area (Å²) >= 11 is 0. The highest BCUT2D eigenvalue weighted by Crippen LogP contribution is 2.40. The van der Waals surface area contributed by atoms with Crippen molar-refractivity contribution in [2.24, 2.45) is 0 Å². The van der Waals surface area contributed by atoms with Gasteiger partial charge in [-0.2, -0.15) is 13.2 Å². The average molecular weight is 327 g/mol. The second-order valence-electron chi connectivity index (χ2n) is 6.48. The molecule has 0 N–H and O–H groups in total. The fourth-order valence-corrected chi connectivity index (χ4v) is 3.47. The van der Waals surface area contributed by atoms with Gasteiger partial charge in [-0.05, 0) is 31.7 Å². The van der Waals surface area contributed by atoms with Crippen LogP contribution < -0.4 is 4.90 Å². The van der Waals surface area contributed by atoms with Crippen LogP contribution in [0.3, 0.4) is 0 Å². The van der Waals surface area contributed by atoms with Crippen LogP contribution in [-0.2, 0) is 12.7 Å². The SMILES string of the molecule is CC1CN(C)CCN1c1cc2c(c(C(F)(F)F)c1)CN(C)C2=O. The molecule has 0 bridgehead atoms. The highest BCUT2D eigenvalue weighted by Gasteiger charge is 2.40. The van der Waals surface area contributed by atoms with Crippen LogP contribution in [0.4, 0.5) is 18.9 Å². The third-order valence-electron chi connectivity index (χ3n) is 4.67. The van der Waals surface area contributed by atoms with Gasteiger partial charge in [0.2, 0.25) is 0 Å². The van der Waals surface area contributed by atoms with Crippen molar-refractivity contribution >= 4 is 11.6 Å². The minimum atomic E-state index is -4.46. The van der Waals surface area contributed by atoms with E-state index < -0.39 is 11.7 Å². The maximum Gasteiger partial charge on any atom is 0.416 e. The molecule has 7 heteroatoms. The largest absolute Gasteiger partial charge is 0.416 e. The number of benzene rings is 1. The van der Waals surface area contributed by atoms with Crippen molar-refractivity contribution in [3.8, 4) is 0 Å². The summed E-state index contributed by atoms with van der Waals surface area (Å²) in [6.07, 6.45) is -4.46. The van der Waals surface area contributed by atoms with Crippen LogP contribution in [0.15, 0.2) is 12.1 Å². The van der Waals surface area contributed by atoms with Gasteiger partial charge in [-0.1, -0.05) is 0 Å². The third-order valence-corrected chi connectivity index (χ3v) is 4.67. The van der Waals surface area contributed by atoms with Crippen LogP contribution in [0.2, 0.25) is 0 Å². The Labute approximate surface area is 133 Å². The van der Waals surface area contributed by atoms with E-state index in [-0.39, 0.29) is 29.6 Å². The number of likely N-dealkylation sites (N-methyl/N-ethyl adjacent to an activating group) is 1. The molecule has 0 saturated carbocycles. The number of halogens is 3. The molecule has 1 fully saturated rings. The van der Waals surface area contributed by atoms with E-state index in [1.807, 2.05) is 18.9 Å². The van der Waals surface area contributed by atoms with Crippen molar-refractivity contribution in [3.05, 3.63) is 28.8 Å². The Balaban J connectivity index is 2.08. The summed E-state index contributed by atoms with van der Waals surface area (Å²) < 4.78 is 40.3. The molecule has 0 aromatic heterocycles. The molecule has 1 aromatic rings. The number of amides is 1. The van der Waals surface area contributed by atoms with Gasteiger partial charge >= 0.3 is 6.18 Å². The minimum Gasteiger partial charge on any atom is -0.366 e. The molecular weight excluding hydrogens is 307 g/mol. The lowest BCUT2D eigenvalue weighted by Crippen LogP contribution is -2.50. The fourth-order valence-electron chi connectivity index (χ4n) is 3.47. The molecule has 1 amide bonds. The van der Waals surface area contributed by atoms with Gasteiger partial charge in [0.15, 0.2) is 0 Å². The molecule has 0 aliphatic carbocycles. The van der Waals surface area contributed by atoms with Crippen LogP contribution in [0.25, 0.3) is 0 Å². The van der Waals surface area contributed by atoms with Crippen molar-refractivity contribution in [3.63, 3.8) is 0 Å². The van der Waals surface area contributed by atoms with Gasteiger partial charge in [0, 0.05) is 50.5 Å². The summed E-state index contributed by atoms with van der Waals surface area (Å²) in [5.41, 5.74) is 0.0770. The Kier molecular flexibility index (Phi) is 3.78. The first kappa shape index (κ1) is 16.1. The number of hydrogen-bond donors (Lipinski definition) is 0. The molecule has 23 heavy (non-hydrogen) atoms. The van der Waals surface area contributed by atoms with Crippen molar-refractivity contribution < 1.29 is 18.0 Å². The smallest absolute Gasteiger partial charge is 0.366 e. The monoisotopic (exact) mass is 327 g/mol. The van der Waals surface area contributed by atoms with Crippen molar-refractivity contribution in [2.45, 2.75) is 25.7 Å². The first-order chi connectivity index (χ1) is 10.7. The molecular formula is C16H20F3N3O. The Bertz CT molecular complexity index is 644. The second-order valence-corrected chi connectivity index (χ2v) is 6.48. The highest BCUT2D eigenvalue weighted by molar-refractivity contribution is 5.99. The number of rotatable bonds is 1. The van der Waals surface area contributed by atoms with Crippen molar-refractivity contribution in [2.75, 3.05) is 38.6 Å². The summed E-state index contributed by atoms with van der Waals surface area (Å²) in [5.74, 6) is -0.339. The summed E-state index contributed by atoms with van der Waals surface area (Å²) in [4.78, 5) is 17.6. The van der Waals surface area contributed by atoms with E-state index in [2.05, 4.69) is 4.90 Å². The Morgan fingerprint density at radius 3 is 2.48 bits per heavy atom. The summed E-state index contributed by atoms with van der Waals surface area (Å²) in [6, 6.07) is 2.92. The quantitative estimate of drug-likeness (QED) is 0.793. The molecule has 126 valence electrons. The lowest BCUT2D eigenvalue weighted by molar-refractivity contribution is -0.138. The highest BCUT2D eigenvalue weighted by atomic mass is 19.4. The number of anilines is 1. The van der Waals surface area contributed by atoms with Gasteiger partial charge in [0.1, 0.15) is 0 Å². The summed E-state index contributed by atoms with van der Waals surface area (Å²) in [6.45, 7) is 4.23. The zero-order valence-corrected chi connectivity index (χ0v) is 13.4. The topological polar surface area (TPSA) is 26.8 Å². The molecule has 0 radical (unpaired) electrons. The standard InChI is InChI=1S/C16H20F3N3O/c1-10-8-20(2)4-5-22(10)11-6-12-13(9-21(3)15(12)23)14(7-11)16(17,18)19/h6-7,10H,4-5,8-9H2,1-3H3. The van der Waals surface area contributed by atoms with Crippen LogP contribution in [0.1, 0.15) is 28.4 Å². The lowest BCUT2D eigenvalue weighted by atomic mass is 10.00. The molecule has 1 saturated heterocycles. The van der Waals surface area contributed by atoms with Crippen LogP contribution >= 0.6 is 0 Å². The average Bonchev–Trinajstić information content (AvgIpc) is 2.72. The van der Waals surface area contributed by atoms with E-state index in [4.69, 9.17) is 0 Å². The molecule has 2 heterocycles. The molecule has 1 aromatic carbocycles. The molecule has 1 atom stereocenters. The van der Waals surface area contributed by atoms with Crippen molar-refractivity contribution in [1.29, 1.82) is 0 Å².